The van der Waals surface area contributed by atoms with Gasteiger partial charge in [0.25, 0.3) is 0 Å². The maximum absolute atomic E-state index is 13.1. The Kier molecular flexibility index (Phi) is 4.75. The number of alkyl halides is 3. The number of halogens is 4. The lowest BCUT2D eigenvalue weighted by molar-refractivity contribution is -0.137. The first kappa shape index (κ1) is 19.7. The highest BCUT2D eigenvalue weighted by atomic mass is 35.5. The van der Waals surface area contributed by atoms with Crippen molar-refractivity contribution < 1.29 is 17.9 Å². The molecule has 0 unspecified atom stereocenters. The summed E-state index contributed by atoms with van der Waals surface area (Å²) in [6, 6.07) is 9.01. The van der Waals surface area contributed by atoms with E-state index in [9.17, 15) is 13.2 Å². The predicted molar refractivity (Wildman–Crippen MR) is 114 cm³/mol. The maximum atomic E-state index is 13.1. The number of allylic oxidation sites excluding steroid dienone is 2. The summed E-state index contributed by atoms with van der Waals surface area (Å²) < 4.78 is 50.3. The number of hydrogen-bond acceptors (Lipinski definition) is 6. The van der Waals surface area contributed by atoms with E-state index in [-0.39, 0.29) is 16.5 Å². The Hall–Kier alpha value is -3.24. The second kappa shape index (κ2) is 7.47. The van der Waals surface area contributed by atoms with Crippen molar-refractivity contribution in [1.29, 1.82) is 0 Å². The van der Waals surface area contributed by atoms with E-state index >= 15 is 0 Å². The molecule has 2 aliphatic rings. The number of imidazole rings is 1. The topological polar surface area (TPSA) is 65.2 Å². The summed E-state index contributed by atoms with van der Waals surface area (Å²) in [5.74, 6) is 1.39. The molecule has 158 valence electrons. The van der Waals surface area contributed by atoms with Crippen LogP contribution in [0.25, 0.3) is 11.0 Å². The summed E-state index contributed by atoms with van der Waals surface area (Å²) in [6.07, 6.45) is 2.92. The monoisotopic (exact) mass is 463 g/mol. The molecule has 0 saturated carbocycles. The first-order valence-electron chi connectivity index (χ1n) is 8.99. The van der Waals surface area contributed by atoms with Crippen molar-refractivity contribution in [3.63, 3.8) is 0 Å². The van der Waals surface area contributed by atoms with E-state index in [1.54, 1.807) is 18.2 Å². The van der Waals surface area contributed by atoms with Gasteiger partial charge in [0.2, 0.25) is 5.95 Å². The number of aromatic amines is 1. The molecule has 0 saturated heterocycles. The second-order valence-corrected chi connectivity index (χ2v) is 7.81. The minimum Gasteiger partial charge on any atom is -0.453 e. The first-order valence-corrected chi connectivity index (χ1v) is 10.1. The van der Waals surface area contributed by atoms with Gasteiger partial charge in [0.05, 0.1) is 39.4 Å². The van der Waals surface area contributed by atoms with Crippen LogP contribution in [-0.2, 0) is 6.18 Å². The molecule has 0 bridgehead atoms. The molecule has 3 heterocycles. The fourth-order valence-corrected chi connectivity index (χ4v) is 4.03. The number of nitrogens with one attached hydrogen (secondary N) is 3. The van der Waals surface area contributed by atoms with Crippen molar-refractivity contribution in [3.05, 3.63) is 83.0 Å². The van der Waals surface area contributed by atoms with E-state index in [2.05, 4.69) is 20.0 Å². The van der Waals surface area contributed by atoms with Gasteiger partial charge in [0.1, 0.15) is 5.70 Å². The van der Waals surface area contributed by atoms with E-state index in [0.29, 0.717) is 22.7 Å². The summed E-state index contributed by atoms with van der Waals surface area (Å²) >= 11 is 7.45. The Balaban J connectivity index is 1.45. The van der Waals surface area contributed by atoms with Crippen molar-refractivity contribution in [1.82, 2.24) is 19.0 Å². The number of anilines is 2. The third-order valence-electron chi connectivity index (χ3n) is 4.54. The molecule has 1 aromatic heterocycles. The number of ether oxygens (including phenoxy) is 1. The SMILES string of the molecule is FC(F)(F)c1cc(Cl)c2[nH]c(Nc3ccccc3OC3=CC=CN4SNC=C34)nc2c1. The van der Waals surface area contributed by atoms with Crippen molar-refractivity contribution in [2.45, 2.75) is 6.18 Å². The molecule has 0 radical (unpaired) electrons. The molecule has 0 fully saturated rings. The van der Waals surface area contributed by atoms with Crippen LogP contribution >= 0.6 is 23.7 Å². The van der Waals surface area contributed by atoms with Gasteiger partial charge in [-0.1, -0.05) is 23.7 Å². The first-order chi connectivity index (χ1) is 14.9. The van der Waals surface area contributed by atoms with E-state index in [0.717, 1.165) is 17.8 Å². The van der Waals surface area contributed by atoms with Crippen LogP contribution in [0.15, 0.2) is 72.4 Å². The van der Waals surface area contributed by atoms with Crippen LogP contribution < -0.4 is 14.8 Å². The number of para-hydroxylation sites is 2. The van der Waals surface area contributed by atoms with Gasteiger partial charge < -0.3 is 19.8 Å². The molecular weight excluding hydrogens is 451 g/mol. The molecule has 0 atom stereocenters. The van der Waals surface area contributed by atoms with Gasteiger partial charge in [-0.3, -0.25) is 4.31 Å². The fraction of sp³-hybridized carbons (Fsp3) is 0.0500. The molecule has 31 heavy (non-hydrogen) atoms. The van der Waals surface area contributed by atoms with Crippen LogP contribution in [0.3, 0.4) is 0 Å². The number of nitrogens with zero attached hydrogens (tertiary/aromatic N) is 2. The molecule has 6 nitrogen and oxygen atoms in total. The second-order valence-electron chi connectivity index (χ2n) is 6.60. The van der Waals surface area contributed by atoms with Crippen molar-refractivity contribution >= 4 is 46.4 Å². The zero-order chi connectivity index (χ0) is 21.6. The van der Waals surface area contributed by atoms with Gasteiger partial charge in [-0.25, -0.2) is 4.98 Å². The van der Waals surface area contributed by atoms with Crippen LogP contribution in [0, 0.1) is 0 Å². The number of aromatic nitrogens is 2. The van der Waals surface area contributed by atoms with Crippen LogP contribution in [0.2, 0.25) is 5.02 Å². The molecular formula is C20H13ClF3N5OS. The summed E-state index contributed by atoms with van der Waals surface area (Å²) in [7, 11) is 0. The molecule has 0 aliphatic carbocycles. The van der Waals surface area contributed by atoms with E-state index in [1.807, 2.05) is 34.9 Å². The van der Waals surface area contributed by atoms with Gasteiger partial charge in [0.15, 0.2) is 11.5 Å². The van der Waals surface area contributed by atoms with Gasteiger partial charge in [-0.15, -0.1) is 0 Å². The number of hydrogen-bond donors (Lipinski definition) is 3. The summed E-state index contributed by atoms with van der Waals surface area (Å²) in [5.41, 5.74) is 0.999. The third-order valence-corrected chi connectivity index (χ3v) is 5.57. The Labute approximate surface area is 183 Å². The lowest BCUT2D eigenvalue weighted by Crippen LogP contribution is -2.13. The highest BCUT2D eigenvalue weighted by Crippen LogP contribution is 2.37. The molecule has 0 amide bonds. The van der Waals surface area contributed by atoms with E-state index in [1.165, 1.54) is 12.1 Å². The largest absolute Gasteiger partial charge is 0.453 e. The van der Waals surface area contributed by atoms with Crippen LogP contribution in [-0.4, -0.2) is 14.3 Å². The summed E-state index contributed by atoms with van der Waals surface area (Å²) in [4.78, 5) is 7.14. The smallest absolute Gasteiger partial charge is 0.416 e. The zero-order valence-electron chi connectivity index (χ0n) is 15.5. The average Bonchev–Trinajstić information content (AvgIpc) is 3.36. The normalized spacial score (nSPS) is 15.4. The molecule has 2 aliphatic heterocycles. The summed E-state index contributed by atoms with van der Waals surface area (Å²) in [6.45, 7) is 0. The predicted octanol–water partition coefficient (Wildman–Crippen LogP) is 6.08. The van der Waals surface area contributed by atoms with E-state index < -0.39 is 11.7 Å². The Morgan fingerprint density at radius 2 is 2.03 bits per heavy atom. The Bertz CT molecular complexity index is 1270. The standard InChI is InChI=1S/C20H13ClF3N5OS/c21-12-8-11(20(22,23)24)9-14-18(12)28-19(27-14)26-13-4-1-2-5-16(13)30-17-6-3-7-29-15(17)10-25-31-29/h1-10,25H,(H2,26,27,28). The molecule has 3 aromatic rings. The minimum absolute atomic E-state index is 0.0627. The average molecular weight is 464 g/mol. The zero-order valence-corrected chi connectivity index (χ0v) is 17.1. The minimum atomic E-state index is -4.51. The molecule has 5 rings (SSSR count). The third kappa shape index (κ3) is 3.79. The van der Waals surface area contributed by atoms with Crippen LogP contribution in [0.4, 0.5) is 24.8 Å². The highest BCUT2D eigenvalue weighted by molar-refractivity contribution is 7.95. The van der Waals surface area contributed by atoms with Gasteiger partial charge in [-0.2, -0.15) is 13.2 Å². The summed E-state index contributed by atoms with van der Waals surface area (Å²) in [5, 5.41) is 3.00. The molecule has 11 heteroatoms. The Morgan fingerprint density at radius 3 is 2.87 bits per heavy atom. The van der Waals surface area contributed by atoms with Gasteiger partial charge >= 0.3 is 6.18 Å². The van der Waals surface area contributed by atoms with Crippen molar-refractivity contribution in [3.8, 4) is 5.75 Å². The highest BCUT2D eigenvalue weighted by Gasteiger charge is 2.32. The number of rotatable bonds is 4. The maximum Gasteiger partial charge on any atom is 0.416 e. The molecule has 3 N–H and O–H groups in total. The number of H-pyrrole nitrogens is 1. The van der Waals surface area contributed by atoms with Crippen LogP contribution in [0.5, 0.6) is 5.75 Å². The lowest BCUT2D eigenvalue weighted by Gasteiger charge is -2.21. The number of benzene rings is 2. The fourth-order valence-electron chi connectivity index (χ4n) is 3.12. The molecule has 0 spiro atoms. The van der Waals surface area contributed by atoms with Crippen molar-refractivity contribution in [2.75, 3.05) is 5.32 Å². The van der Waals surface area contributed by atoms with Gasteiger partial charge in [-0.05, 0) is 36.4 Å². The quantitative estimate of drug-likeness (QED) is 0.408. The van der Waals surface area contributed by atoms with Gasteiger partial charge in [0, 0.05) is 12.4 Å². The number of fused-ring (bicyclic) bond motifs is 2. The van der Waals surface area contributed by atoms with Crippen molar-refractivity contribution in [2.24, 2.45) is 0 Å². The van der Waals surface area contributed by atoms with Crippen LogP contribution in [0.1, 0.15) is 5.56 Å². The lowest BCUT2D eigenvalue weighted by atomic mass is 10.2. The van der Waals surface area contributed by atoms with E-state index in [4.69, 9.17) is 16.3 Å². The Morgan fingerprint density at radius 1 is 1.19 bits per heavy atom. The molecule has 2 aromatic carbocycles.